The molecule has 1 aromatic carbocycles. The quantitative estimate of drug-likeness (QED) is 0.830. The van der Waals surface area contributed by atoms with Gasteiger partial charge in [-0.05, 0) is 30.0 Å². The monoisotopic (exact) mass is 265 g/mol. The van der Waals surface area contributed by atoms with Gasteiger partial charge in [-0.25, -0.2) is 4.39 Å². The first-order chi connectivity index (χ1) is 9.22. The molecular formula is C12H16FN5O. The van der Waals surface area contributed by atoms with Crippen LogP contribution in [0.1, 0.15) is 11.4 Å². The Morgan fingerprint density at radius 3 is 2.95 bits per heavy atom. The van der Waals surface area contributed by atoms with E-state index in [2.05, 4.69) is 20.7 Å². The summed E-state index contributed by atoms with van der Waals surface area (Å²) >= 11 is 0. The molecule has 0 radical (unpaired) electrons. The molecular weight excluding hydrogens is 249 g/mol. The third-order valence-corrected chi connectivity index (χ3v) is 2.63. The van der Waals surface area contributed by atoms with Crippen molar-refractivity contribution in [1.82, 2.24) is 25.5 Å². The van der Waals surface area contributed by atoms with Gasteiger partial charge < -0.3 is 10.1 Å². The third-order valence-electron chi connectivity index (χ3n) is 2.63. The highest BCUT2D eigenvalue weighted by atomic mass is 19.1. The Balaban J connectivity index is 2.04. The van der Waals surface area contributed by atoms with Crippen LogP contribution in [-0.4, -0.2) is 40.9 Å². The summed E-state index contributed by atoms with van der Waals surface area (Å²) in [5.41, 5.74) is 0.760. The van der Waals surface area contributed by atoms with Crippen molar-refractivity contribution in [1.29, 1.82) is 0 Å². The highest BCUT2D eigenvalue weighted by Crippen LogP contribution is 2.17. The van der Waals surface area contributed by atoms with E-state index in [1.165, 1.54) is 18.0 Å². The fraction of sp³-hybridized carbons (Fsp3) is 0.417. The summed E-state index contributed by atoms with van der Waals surface area (Å²) in [6.07, 6.45) is 0.716. The molecule has 1 heterocycles. The number of halogens is 1. The zero-order valence-electron chi connectivity index (χ0n) is 10.9. The van der Waals surface area contributed by atoms with Crippen LogP contribution in [0.5, 0.6) is 5.75 Å². The van der Waals surface area contributed by atoms with Crippen molar-refractivity contribution >= 4 is 0 Å². The first kappa shape index (κ1) is 13.4. The number of aromatic nitrogens is 4. The molecule has 0 unspecified atom stereocenters. The lowest BCUT2D eigenvalue weighted by Crippen LogP contribution is -2.11. The lowest BCUT2D eigenvalue weighted by atomic mass is 10.2. The van der Waals surface area contributed by atoms with Crippen LogP contribution in [0, 0.1) is 5.82 Å². The number of nitrogens with zero attached hydrogens (tertiary/aromatic N) is 4. The number of rotatable bonds is 6. The summed E-state index contributed by atoms with van der Waals surface area (Å²) in [7, 11) is 3.30. The minimum Gasteiger partial charge on any atom is -0.494 e. The Bertz CT molecular complexity index is 543. The fourth-order valence-corrected chi connectivity index (χ4v) is 1.65. The van der Waals surface area contributed by atoms with E-state index in [1.807, 2.05) is 7.05 Å². The van der Waals surface area contributed by atoms with Crippen molar-refractivity contribution in [3.8, 4) is 5.75 Å². The number of hydrogen-bond acceptors (Lipinski definition) is 5. The molecule has 0 saturated carbocycles. The van der Waals surface area contributed by atoms with Gasteiger partial charge in [-0.3, -0.25) is 0 Å². The summed E-state index contributed by atoms with van der Waals surface area (Å²) in [6.45, 7) is 1.18. The van der Waals surface area contributed by atoms with Crippen molar-refractivity contribution in [2.75, 3.05) is 20.7 Å². The number of ether oxygens (including phenoxy) is 1. The number of methoxy groups -OCH3 is 1. The molecule has 19 heavy (non-hydrogen) atoms. The average molecular weight is 265 g/mol. The van der Waals surface area contributed by atoms with Crippen molar-refractivity contribution in [3.05, 3.63) is 35.4 Å². The molecule has 102 valence electrons. The van der Waals surface area contributed by atoms with E-state index in [-0.39, 0.29) is 5.75 Å². The van der Waals surface area contributed by atoms with E-state index >= 15 is 0 Å². The van der Waals surface area contributed by atoms with Gasteiger partial charge in [0.1, 0.15) is 0 Å². The van der Waals surface area contributed by atoms with Crippen molar-refractivity contribution < 1.29 is 9.13 Å². The standard InChI is InChI=1S/C12H16FN5O/c1-14-6-5-12-15-17-18(16-12)8-9-3-4-11(19-2)10(13)7-9/h3-4,7,14H,5-6,8H2,1-2H3. The maximum absolute atomic E-state index is 13.5. The molecule has 0 atom stereocenters. The first-order valence-electron chi connectivity index (χ1n) is 5.96. The van der Waals surface area contributed by atoms with Crippen LogP contribution in [0.4, 0.5) is 4.39 Å². The molecule has 1 N–H and O–H groups in total. The van der Waals surface area contributed by atoms with Gasteiger partial charge in [0.05, 0.1) is 13.7 Å². The summed E-state index contributed by atoms with van der Waals surface area (Å²) in [5.74, 6) is 0.504. The molecule has 0 saturated heterocycles. The molecule has 7 heteroatoms. The van der Waals surface area contributed by atoms with Gasteiger partial charge in [-0.1, -0.05) is 6.07 Å². The van der Waals surface area contributed by atoms with Crippen LogP contribution in [0.25, 0.3) is 0 Å². The normalized spacial score (nSPS) is 10.7. The third kappa shape index (κ3) is 3.47. The molecule has 0 aliphatic rings. The topological polar surface area (TPSA) is 64.9 Å². The van der Waals surface area contributed by atoms with Crippen LogP contribution >= 0.6 is 0 Å². The smallest absolute Gasteiger partial charge is 0.176 e. The minimum atomic E-state index is -0.393. The molecule has 0 aliphatic carbocycles. The second-order valence-corrected chi connectivity index (χ2v) is 4.06. The van der Waals surface area contributed by atoms with Crippen molar-refractivity contribution in [2.45, 2.75) is 13.0 Å². The first-order valence-corrected chi connectivity index (χ1v) is 5.96. The van der Waals surface area contributed by atoms with E-state index in [4.69, 9.17) is 4.74 Å². The Kier molecular flexibility index (Phi) is 4.40. The minimum absolute atomic E-state index is 0.227. The number of hydrogen-bond donors (Lipinski definition) is 1. The average Bonchev–Trinajstić information content (AvgIpc) is 2.84. The largest absolute Gasteiger partial charge is 0.494 e. The van der Waals surface area contributed by atoms with Crippen LogP contribution in [0.2, 0.25) is 0 Å². The molecule has 2 aromatic rings. The van der Waals surface area contributed by atoms with Crippen molar-refractivity contribution in [2.24, 2.45) is 0 Å². The SMILES string of the molecule is CNCCc1nnn(Cc2ccc(OC)c(F)c2)n1. The number of tetrazole rings is 1. The van der Waals surface area contributed by atoms with E-state index in [0.29, 0.717) is 18.8 Å². The zero-order valence-corrected chi connectivity index (χ0v) is 10.9. The maximum Gasteiger partial charge on any atom is 0.176 e. The van der Waals surface area contributed by atoms with Gasteiger partial charge in [0, 0.05) is 13.0 Å². The Labute approximate surface area is 110 Å². The van der Waals surface area contributed by atoms with E-state index in [0.717, 1.165) is 12.1 Å². The van der Waals surface area contributed by atoms with Gasteiger partial charge in [0.2, 0.25) is 0 Å². The molecule has 0 amide bonds. The summed E-state index contributed by atoms with van der Waals surface area (Å²) in [4.78, 5) is 1.45. The van der Waals surface area contributed by atoms with E-state index in [1.54, 1.807) is 12.1 Å². The van der Waals surface area contributed by atoms with E-state index < -0.39 is 5.82 Å². The zero-order chi connectivity index (χ0) is 13.7. The Morgan fingerprint density at radius 2 is 2.26 bits per heavy atom. The summed E-state index contributed by atoms with van der Waals surface area (Å²) in [6, 6.07) is 4.78. The Hall–Kier alpha value is -2.02. The predicted molar refractivity (Wildman–Crippen MR) is 67.5 cm³/mol. The predicted octanol–water partition coefficient (Wildman–Crippen LogP) is 0.631. The molecule has 0 bridgehead atoms. The maximum atomic E-state index is 13.5. The van der Waals surface area contributed by atoms with E-state index in [9.17, 15) is 4.39 Å². The summed E-state index contributed by atoms with van der Waals surface area (Å²) in [5, 5.41) is 15.1. The molecule has 0 fully saturated rings. The number of likely N-dealkylation sites (N-methyl/N-ethyl adjacent to an activating group) is 1. The van der Waals surface area contributed by atoms with Crippen molar-refractivity contribution in [3.63, 3.8) is 0 Å². The van der Waals surface area contributed by atoms with Gasteiger partial charge in [-0.15, -0.1) is 10.2 Å². The highest BCUT2D eigenvalue weighted by molar-refractivity contribution is 5.29. The molecule has 1 aromatic heterocycles. The molecule has 0 aliphatic heterocycles. The number of benzene rings is 1. The summed E-state index contributed by atoms with van der Waals surface area (Å²) < 4.78 is 18.4. The lowest BCUT2D eigenvalue weighted by Gasteiger charge is -2.04. The van der Waals surface area contributed by atoms with Gasteiger partial charge in [0.25, 0.3) is 0 Å². The lowest BCUT2D eigenvalue weighted by molar-refractivity contribution is 0.386. The van der Waals surface area contributed by atoms with Gasteiger partial charge >= 0.3 is 0 Å². The van der Waals surface area contributed by atoms with Crippen LogP contribution in [-0.2, 0) is 13.0 Å². The molecule has 6 nitrogen and oxygen atoms in total. The second-order valence-electron chi connectivity index (χ2n) is 4.06. The van der Waals surface area contributed by atoms with Gasteiger partial charge in [-0.2, -0.15) is 4.80 Å². The highest BCUT2D eigenvalue weighted by Gasteiger charge is 2.06. The van der Waals surface area contributed by atoms with Crippen LogP contribution in [0.3, 0.4) is 0 Å². The Morgan fingerprint density at radius 1 is 1.42 bits per heavy atom. The number of nitrogens with one attached hydrogen (secondary N) is 1. The second kappa shape index (κ2) is 6.24. The van der Waals surface area contributed by atoms with Crippen LogP contribution in [0.15, 0.2) is 18.2 Å². The van der Waals surface area contributed by atoms with Crippen LogP contribution < -0.4 is 10.1 Å². The van der Waals surface area contributed by atoms with Gasteiger partial charge in [0.15, 0.2) is 17.4 Å². The molecule has 2 rings (SSSR count). The fourth-order valence-electron chi connectivity index (χ4n) is 1.65. The molecule has 0 spiro atoms.